The van der Waals surface area contributed by atoms with E-state index in [0.29, 0.717) is 24.9 Å². The van der Waals surface area contributed by atoms with E-state index < -0.39 is 139 Å². The lowest BCUT2D eigenvalue weighted by Crippen LogP contribution is -2.59. The molecule has 0 spiro atoms. The number of aliphatic hydroxyl groups excluding tert-OH is 1. The highest BCUT2D eigenvalue weighted by atomic mass is 32.2. The van der Waals surface area contributed by atoms with Crippen molar-refractivity contribution in [1.29, 1.82) is 0 Å². The van der Waals surface area contributed by atoms with Crippen LogP contribution in [0.15, 0.2) is 24.3 Å². The summed E-state index contributed by atoms with van der Waals surface area (Å²) in [6, 6.07) is -3.11. The van der Waals surface area contributed by atoms with Crippen molar-refractivity contribution in [2.75, 3.05) is 44.4 Å². The van der Waals surface area contributed by atoms with Gasteiger partial charge in [-0.15, -0.1) is 11.8 Å². The van der Waals surface area contributed by atoms with Gasteiger partial charge in [-0.05, 0) is 49.4 Å². The van der Waals surface area contributed by atoms with Crippen molar-refractivity contribution in [3.63, 3.8) is 0 Å². The second kappa shape index (κ2) is 36.4. The number of carboxylic acid groups (broad SMARTS) is 3. The lowest BCUT2D eigenvalue weighted by atomic mass is 9.97. The fourth-order valence-electron chi connectivity index (χ4n) is 6.75. The predicted molar refractivity (Wildman–Crippen MR) is 270 cm³/mol. The van der Waals surface area contributed by atoms with E-state index in [9.17, 15) is 63.0 Å². The van der Waals surface area contributed by atoms with Crippen molar-refractivity contribution in [3.05, 3.63) is 29.8 Å². The van der Waals surface area contributed by atoms with Gasteiger partial charge >= 0.3 is 17.9 Å². The molecule has 0 heterocycles. The summed E-state index contributed by atoms with van der Waals surface area (Å²) in [5.41, 5.74) is 17.3. The van der Waals surface area contributed by atoms with Crippen LogP contribution in [0.2, 0.25) is 0 Å². The van der Waals surface area contributed by atoms with Crippen molar-refractivity contribution < 1.29 is 77.9 Å². The number of primary amides is 1. The molecule has 1 rings (SSSR count). The molecule has 1 unspecified atom stereocenters. The lowest BCUT2D eigenvalue weighted by molar-refractivity contribution is -0.140. The van der Waals surface area contributed by atoms with Crippen LogP contribution in [-0.2, 0) is 59.2 Å². The smallest absolute Gasteiger partial charge is 0.341 e. The van der Waals surface area contributed by atoms with Crippen LogP contribution in [0.5, 0.6) is 5.75 Å². The number of aliphatic hydroxyl groups is 1. The van der Waals surface area contributed by atoms with Crippen LogP contribution in [0.1, 0.15) is 97.0 Å². The summed E-state index contributed by atoms with van der Waals surface area (Å²) in [5.74, 6) is -11.7. The van der Waals surface area contributed by atoms with E-state index in [1.807, 2.05) is 0 Å². The lowest BCUT2D eigenvalue weighted by Gasteiger charge is -2.26. The maximum Gasteiger partial charge on any atom is 0.341 e. The number of thioether (sulfide) groups is 1. The van der Waals surface area contributed by atoms with Crippen LogP contribution in [0.4, 0.5) is 0 Å². The number of rotatable bonds is 40. The third-order valence-electron chi connectivity index (χ3n) is 11.4. The number of nitrogens with one attached hydrogen (secondary N) is 7. The first kappa shape index (κ1) is 65.4. The Balaban J connectivity index is 3.18. The molecule has 0 saturated carbocycles. The molecule has 0 aliphatic heterocycles. The number of unbranched alkanes of at least 4 members (excludes halogenated alkanes) is 7. The SMILES string of the molecule is CC(C)[C@H](C)C(=O)N[C@@H](CO)C(=O)N[C@@H](CSCC(=O)N[C@@H](CN)C(=O)N[C@@H](Cc1ccc(OCC(=O)O)cc1)C(=O)NC(CC(=O)O)C(N)=O)C(=O)N[C@@H](CCN)C(=O)NCCCCCCCCCCC(=O)O. The highest BCUT2D eigenvalue weighted by Crippen LogP contribution is 2.15. The van der Waals surface area contributed by atoms with Gasteiger partial charge in [-0.1, -0.05) is 71.4 Å². The number of benzene rings is 1. The summed E-state index contributed by atoms with van der Waals surface area (Å²) in [6.07, 6.45) is 5.69. The highest BCUT2D eigenvalue weighted by Gasteiger charge is 2.33. The van der Waals surface area contributed by atoms with Crippen molar-refractivity contribution in [2.45, 2.75) is 134 Å². The number of hydrogen-bond donors (Lipinski definition) is 14. The first-order chi connectivity index (χ1) is 35.0. The molecule has 26 nitrogen and oxygen atoms in total. The number of hydrogen-bond acceptors (Lipinski definition) is 16. The number of amides is 8. The van der Waals surface area contributed by atoms with Crippen LogP contribution in [-0.4, -0.2) is 166 Å². The van der Waals surface area contributed by atoms with Crippen LogP contribution in [0.25, 0.3) is 0 Å². The molecule has 0 saturated heterocycles. The summed E-state index contributed by atoms with van der Waals surface area (Å²) in [4.78, 5) is 139. The maximum absolute atomic E-state index is 13.9. The molecule has 1 aromatic rings. The quantitative estimate of drug-likeness (QED) is 0.0305. The third-order valence-corrected chi connectivity index (χ3v) is 12.4. The van der Waals surface area contributed by atoms with Gasteiger partial charge in [0.05, 0.1) is 18.8 Å². The molecule has 27 heteroatoms. The van der Waals surface area contributed by atoms with E-state index >= 15 is 0 Å². The van der Waals surface area contributed by atoms with E-state index in [1.165, 1.54) is 24.3 Å². The zero-order valence-electron chi connectivity index (χ0n) is 42.2. The molecule has 0 fully saturated rings. The Morgan fingerprint density at radius 2 is 1.12 bits per heavy atom. The monoisotopic (exact) mass is 1070 g/mol. The van der Waals surface area contributed by atoms with Gasteiger partial charge in [-0.2, -0.15) is 0 Å². The Bertz CT molecular complexity index is 2010. The van der Waals surface area contributed by atoms with E-state index in [1.54, 1.807) is 20.8 Å². The van der Waals surface area contributed by atoms with E-state index in [2.05, 4.69) is 37.2 Å². The topological polar surface area (TPSA) is 440 Å². The number of ether oxygens (including phenoxy) is 1. The van der Waals surface area contributed by atoms with Crippen LogP contribution < -0.4 is 59.2 Å². The molecular formula is C47H76N10O16S. The number of aliphatic carboxylic acids is 3. The summed E-state index contributed by atoms with van der Waals surface area (Å²) >= 11 is 0.808. The predicted octanol–water partition coefficient (Wildman–Crippen LogP) is -2.40. The first-order valence-corrected chi connectivity index (χ1v) is 25.5. The first-order valence-electron chi connectivity index (χ1n) is 24.4. The van der Waals surface area contributed by atoms with Crippen LogP contribution >= 0.6 is 11.8 Å². The van der Waals surface area contributed by atoms with Crippen LogP contribution in [0, 0.1) is 11.8 Å². The largest absolute Gasteiger partial charge is 0.482 e. The van der Waals surface area contributed by atoms with Gasteiger partial charge in [0, 0.05) is 37.6 Å². The average Bonchev–Trinajstić information content (AvgIpc) is 3.34. The molecule has 7 atom stereocenters. The van der Waals surface area contributed by atoms with Crippen LogP contribution in [0.3, 0.4) is 0 Å². The third kappa shape index (κ3) is 27.5. The Morgan fingerprint density at radius 1 is 0.595 bits per heavy atom. The minimum atomic E-state index is -1.68. The molecule has 74 heavy (non-hydrogen) atoms. The molecule has 416 valence electrons. The molecule has 17 N–H and O–H groups in total. The molecule has 0 aromatic heterocycles. The highest BCUT2D eigenvalue weighted by molar-refractivity contribution is 8.00. The minimum absolute atomic E-state index is 0.00698. The molecule has 8 amide bonds. The molecular weight excluding hydrogens is 993 g/mol. The Kier molecular flexibility index (Phi) is 32.2. The van der Waals surface area contributed by atoms with Crippen molar-refractivity contribution in [2.24, 2.45) is 29.0 Å². The standard InChI is InChI=1S/C47H76N10O16S/c1-27(2)28(3)42(67)56-35(23-58)46(71)57-36(47(72)53-31(17-18-48)43(68)51-19-11-9-7-5-4-6-8-10-12-38(60)61)25-74-26-37(59)52-34(22-49)45(70)55-33(44(69)54-32(41(50)66)21-39(62)63)20-29-13-15-30(16-14-29)73-24-40(64)65/h13-16,27-28,31-36,58H,4-12,17-26,48-49H2,1-3H3,(H2,50,66)(H,51,68)(H,52,59)(H,53,72)(H,54,69)(H,55,70)(H,56,67)(H,57,71)(H,60,61)(H,62,63)(H,64,65)/t28-,31-,32?,33-,34-,35-,36-/m0/s1. The van der Waals surface area contributed by atoms with Gasteiger partial charge in [-0.3, -0.25) is 47.9 Å². The number of carboxylic acids is 3. The number of carbonyl (C=O) groups excluding carboxylic acids is 8. The van der Waals surface area contributed by atoms with Crippen molar-refractivity contribution in [3.8, 4) is 5.75 Å². The zero-order chi connectivity index (χ0) is 55.8. The van der Waals surface area contributed by atoms with E-state index in [-0.39, 0.29) is 43.2 Å². The van der Waals surface area contributed by atoms with E-state index in [0.717, 1.165) is 50.3 Å². The normalized spacial score (nSPS) is 13.8. The summed E-state index contributed by atoms with van der Waals surface area (Å²) in [6.45, 7) is 3.50. The molecule has 0 aliphatic rings. The molecule has 0 radical (unpaired) electrons. The zero-order valence-corrected chi connectivity index (χ0v) is 43.0. The van der Waals surface area contributed by atoms with Gasteiger partial charge in [0.25, 0.3) is 0 Å². The number of nitrogens with two attached hydrogens (primary N) is 3. The summed E-state index contributed by atoms with van der Waals surface area (Å²) in [7, 11) is 0. The fraction of sp³-hybridized carbons (Fsp3) is 0.638. The summed E-state index contributed by atoms with van der Waals surface area (Å²) < 4.78 is 5.12. The Hall–Kier alpha value is -6.58. The van der Waals surface area contributed by atoms with Gasteiger partial charge in [0.2, 0.25) is 47.3 Å². The molecule has 0 aliphatic carbocycles. The van der Waals surface area contributed by atoms with Gasteiger partial charge in [-0.25, -0.2) is 4.79 Å². The Labute approximate surface area is 433 Å². The van der Waals surface area contributed by atoms with Gasteiger partial charge in [0.15, 0.2) is 6.61 Å². The van der Waals surface area contributed by atoms with Crippen molar-refractivity contribution in [1.82, 2.24) is 37.2 Å². The number of carbonyl (C=O) groups is 11. The maximum atomic E-state index is 13.9. The van der Waals surface area contributed by atoms with Gasteiger partial charge in [0.1, 0.15) is 42.0 Å². The molecule has 1 aromatic carbocycles. The van der Waals surface area contributed by atoms with E-state index in [4.69, 9.17) is 32.2 Å². The minimum Gasteiger partial charge on any atom is -0.482 e. The average molecular weight is 1070 g/mol. The second-order valence-corrected chi connectivity index (χ2v) is 18.8. The van der Waals surface area contributed by atoms with Gasteiger partial charge < -0.3 is 79.6 Å². The molecule has 0 bridgehead atoms. The second-order valence-electron chi connectivity index (χ2n) is 17.8. The summed E-state index contributed by atoms with van der Waals surface area (Å²) in [5, 5.41) is 54.3. The van der Waals surface area contributed by atoms with Crippen molar-refractivity contribution >= 4 is 76.9 Å². The fourth-order valence-corrected chi connectivity index (χ4v) is 7.61. The Morgan fingerprint density at radius 3 is 1.66 bits per heavy atom.